The fourth-order valence-electron chi connectivity index (χ4n) is 2.70. The first-order chi connectivity index (χ1) is 8.26. The standard InChI is InChI=1S/C14H20FNO/c1-2-4-11-7-8-16(9-11)14-6-3-5-13(15)12(14)10-17/h3,5-6,11,17H,2,4,7-10H2,1H3. The van der Waals surface area contributed by atoms with Gasteiger partial charge in [-0.05, 0) is 30.9 Å². The van der Waals surface area contributed by atoms with E-state index in [2.05, 4.69) is 11.8 Å². The molecule has 1 N–H and O–H groups in total. The Kier molecular flexibility index (Phi) is 4.00. The van der Waals surface area contributed by atoms with E-state index in [4.69, 9.17) is 0 Å². The molecule has 1 saturated heterocycles. The molecule has 1 aliphatic rings. The third kappa shape index (κ3) is 2.60. The van der Waals surface area contributed by atoms with Crippen LogP contribution in [0, 0.1) is 11.7 Å². The molecule has 3 heteroatoms. The summed E-state index contributed by atoms with van der Waals surface area (Å²) < 4.78 is 13.6. The summed E-state index contributed by atoms with van der Waals surface area (Å²) in [5.74, 6) is 0.416. The predicted octanol–water partition coefficient (Wildman–Crippen LogP) is 2.94. The zero-order valence-electron chi connectivity index (χ0n) is 10.3. The third-order valence-corrected chi connectivity index (χ3v) is 3.58. The van der Waals surface area contributed by atoms with Gasteiger partial charge in [-0.3, -0.25) is 0 Å². The molecular weight excluding hydrogens is 217 g/mol. The molecule has 0 aromatic heterocycles. The normalized spacial score (nSPS) is 19.9. The van der Waals surface area contributed by atoms with Crippen LogP contribution in [0.3, 0.4) is 0 Å². The van der Waals surface area contributed by atoms with E-state index < -0.39 is 0 Å². The Morgan fingerprint density at radius 3 is 3.00 bits per heavy atom. The van der Waals surface area contributed by atoms with Crippen LogP contribution in [0.2, 0.25) is 0 Å². The highest BCUT2D eigenvalue weighted by Gasteiger charge is 2.24. The summed E-state index contributed by atoms with van der Waals surface area (Å²) in [6.07, 6.45) is 3.62. The van der Waals surface area contributed by atoms with Crippen molar-refractivity contribution >= 4 is 5.69 Å². The summed E-state index contributed by atoms with van der Waals surface area (Å²) in [5.41, 5.74) is 1.30. The number of aliphatic hydroxyl groups is 1. The Morgan fingerprint density at radius 2 is 2.29 bits per heavy atom. The minimum atomic E-state index is -0.302. The molecule has 0 amide bonds. The maximum absolute atomic E-state index is 13.6. The van der Waals surface area contributed by atoms with Crippen molar-refractivity contribution in [1.82, 2.24) is 0 Å². The minimum Gasteiger partial charge on any atom is -0.391 e. The van der Waals surface area contributed by atoms with Crippen molar-refractivity contribution in [3.05, 3.63) is 29.6 Å². The lowest BCUT2D eigenvalue weighted by molar-refractivity contribution is 0.276. The van der Waals surface area contributed by atoms with Crippen LogP contribution in [-0.4, -0.2) is 18.2 Å². The number of nitrogens with zero attached hydrogens (tertiary/aromatic N) is 1. The molecule has 2 nitrogen and oxygen atoms in total. The molecule has 1 aromatic rings. The van der Waals surface area contributed by atoms with Gasteiger partial charge in [0.05, 0.1) is 6.61 Å². The molecule has 94 valence electrons. The van der Waals surface area contributed by atoms with Crippen LogP contribution < -0.4 is 4.90 Å². The summed E-state index contributed by atoms with van der Waals surface area (Å²) in [4.78, 5) is 2.20. The zero-order valence-corrected chi connectivity index (χ0v) is 10.3. The quantitative estimate of drug-likeness (QED) is 0.870. The average molecular weight is 237 g/mol. The zero-order chi connectivity index (χ0) is 12.3. The third-order valence-electron chi connectivity index (χ3n) is 3.58. The van der Waals surface area contributed by atoms with Crippen LogP contribution in [0.1, 0.15) is 31.7 Å². The molecule has 17 heavy (non-hydrogen) atoms. The lowest BCUT2D eigenvalue weighted by Gasteiger charge is -2.21. The van der Waals surface area contributed by atoms with E-state index in [-0.39, 0.29) is 12.4 Å². The molecule has 0 spiro atoms. The molecule has 1 aliphatic heterocycles. The fourth-order valence-corrected chi connectivity index (χ4v) is 2.70. The van der Waals surface area contributed by atoms with Gasteiger partial charge in [0.1, 0.15) is 5.82 Å². The van der Waals surface area contributed by atoms with Crippen LogP contribution in [0.15, 0.2) is 18.2 Å². The number of halogens is 1. The van der Waals surface area contributed by atoms with Crippen molar-refractivity contribution in [3.8, 4) is 0 Å². The van der Waals surface area contributed by atoms with Crippen molar-refractivity contribution < 1.29 is 9.50 Å². The van der Waals surface area contributed by atoms with Gasteiger partial charge >= 0.3 is 0 Å². The van der Waals surface area contributed by atoms with Crippen molar-refractivity contribution in [1.29, 1.82) is 0 Å². The van der Waals surface area contributed by atoms with Gasteiger partial charge in [-0.2, -0.15) is 0 Å². The van der Waals surface area contributed by atoms with E-state index in [1.807, 2.05) is 6.07 Å². The Morgan fingerprint density at radius 1 is 1.47 bits per heavy atom. The van der Waals surface area contributed by atoms with Crippen molar-refractivity contribution in [2.75, 3.05) is 18.0 Å². The van der Waals surface area contributed by atoms with Crippen LogP contribution >= 0.6 is 0 Å². The maximum Gasteiger partial charge on any atom is 0.130 e. The highest BCUT2D eigenvalue weighted by molar-refractivity contribution is 5.54. The largest absolute Gasteiger partial charge is 0.391 e. The lowest BCUT2D eigenvalue weighted by atomic mass is 10.0. The van der Waals surface area contributed by atoms with Gasteiger partial charge in [0.15, 0.2) is 0 Å². The van der Waals surface area contributed by atoms with Gasteiger partial charge in [0.25, 0.3) is 0 Å². The smallest absolute Gasteiger partial charge is 0.130 e. The van der Waals surface area contributed by atoms with E-state index in [1.54, 1.807) is 6.07 Å². The summed E-state index contributed by atoms with van der Waals surface area (Å²) in [7, 11) is 0. The van der Waals surface area contributed by atoms with Crippen molar-refractivity contribution in [2.24, 2.45) is 5.92 Å². The van der Waals surface area contributed by atoms with E-state index in [0.717, 1.165) is 24.7 Å². The Labute approximate surface area is 102 Å². The maximum atomic E-state index is 13.6. The van der Waals surface area contributed by atoms with Gasteiger partial charge in [0, 0.05) is 24.3 Å². The summed E-state index contributed by atoms with van der Waals surface area (Å²) >= 11 is 0. The first kappa shape index (κ1) is 12.4. The topological polar surface area (TPSA) is 23.5 Å². The average Bonchev–Trinajstić information content (AvgIpc) is 2.78. The fraction of sp³-hybridized carbons (Fsp3) is 0.571. The van der Waals surface area contributed by atoms with E-state index in [0.29, 0.717) is 5.56 Å². The molecular formula is C14H20FNO. The molecule has 1 unspecified atom stereocenters. The van der Waals surface area contributed by atoms with Crippen LogP contribution in [-0.2, 0) is 6.61 Å². The number of anilines is 1. The second-order valence-corrected chi connectivity index (χ2v) is 4.79. The number of hydrogen-bond acceptors (Lipinski definition) is 2. The molecule has 0 aliphatic carbocycles. The van der Waals surface area contributed by atoms with E-state index in [9.17, 15) is 9.50 Å². The summed E-state index contributed by atoms with van der Waals surface area (Å²) in [5, 5.41) is 9.26. The molecule has 1 fully saturated rings. The highest BCUT2D eigenvalue weighted by atomic mass is 19.1. The Balaban J connectivity index is 2.15. The predicted molar refractivity (Wildman–Crippen MR) is 67.6 cm³/mol. The van der Waals surface area contributed by atoms with Gasteiger partial charge < -0.3 is 10.0 Å². The number of benzene rings is 1. The van der Waals surface area contributed by atoms with Crippen LogP contribution in [0.4, 0.5) is 10.1 Å². The monoisotopic (exact) mass is 237 g/mol. The Bertz CT molecular complexity index is 380. The molecule has 1 atom stereocenters. The van der Waals surface area contributed by atoms with Crippen LogP contribution in [0.5, 0.6) is 0 Å². The number of rotatable bonds is 4. The molecule has 2 rings (SSSR count). The lowest BCUT2D eigenvalue weighted by Crippen LogP contribution is -2.21. The van der Waals surface area contributed by atoms with Gasteiger partial charge in [-0.15, -0.1) is 0 Å². The van der Waals surface area contributed by atoms with Crippen LogP contribution in [0.25, 0.3) is 0 Å². The Hall–Kier alpha value is -1.09. The first-order valence-electron chi connectivity index (χ1n) is 6.39. The van der Waals surface area contributed by atoms with Gasteiger partial charge in [-0.25, -0.2) is 4.39 Å². The van der Waals surface area contributed by atoms with Gasteiger partial charge in [-0.1, -0.05) is 19.4 Å². The SMILES string of the molecule is CCCC1CCN(c2cccc(F)c2CO)C1. The van der Waals surface area contributed by atoms with E-state index >= 15 is 0 Å². The highest BCUT2D eigenvalue weighted by Crippen LogP contribution is 2.30. The number of aliphatic hydroxyl groups excluding tert-OH is 1. The van der Waals surface area contributed by atoms with Crippen molar-refractivity contribution in [2.45, 2.75) is 32.8 Å². The number of hydrogen-bond donors (Lipinski definition) is 1. The van der Waals surface area contributed by atoms with E-state index in [1.165, 1.54) is 25.3 Å². The molecule has 1 heterocycles. The summed E-state index contributed by atoms with van der Waals surface area (Å²) in [6.45, 7) is 3.94. The molecule has 1 aromatic carbocycles. The first-order valence-corrected chi connectivity index (χ1v) is 6.39. The second-order valence-electron chi connectivity index (χ2n) is 4.79. The summed E-state index contributed by atoms with van der Waals surface area (Å²) in [6, 6.07) is 5.04. The minimum absolute atomic E-state index is 0.225. The molecule has 0 radical (unpaired) electrons. The van der Waals surface area contributed by atoms with Crippen molar-refractivity contribution in [3.63, 3.8) is 0 Å². The second kappa shape index (κ2) is 5.50. The molecule has 0 saturated carbocycles. The molecule has 0 bridgehead atoms. The van der Waals surface area contributed by atoms with Gasteiger partial charge in [0.2, 0.25) is 0 Å².